The summed E-state index contributed by atoms with van der Waals surface area (Å²) in [6.45, 7) is 10.1. The van der Waals surface area contributed by atoms with Crippen LogP contribution in [0.2, 0.25) is 3.43 Å². The van der Waals surface area contributed by atoms with Gasteiger partial charge in [0.25, 0.3) is 0 Å². The number of benzene rings is 1. The van der Waals surface area contributed by atoms with Crippen LogP contribution in [0.1, 0.15) is 72.6 Å². The first-order valence-electron chi connectivity index (χ1n) is 8.90. The number of hydrogen-bond donors (Lipinski definition) is 0. The molecule has 0 saturated carbocycles. The molecule has 0 heterocycles. The number of unbranched alkanes of at least 4 members (excludes halogenated alkanes) is 2. The van der Waals surface area contributed by atoms with Crippen LogP contribution in [0.25, 0.3) is 0 Å². The van der Waals surface area contributed by atoms with E-state index in [1.54, 1.807) is 3.58 Å². The van der Waals surface area contributed by atoms with E-state index in [2.05, 4.69) is 58.0 Å². The van der Waals surface area contributed by atoms with Gasteiger partial charge >= 0.3 is 140 Å². The first-order chi connectivity index (χ1) is 10.2. The molecule has 1 aromatic carbocycles. The van der Waals surface area contributed by atoms with Gasteiger partial charge in [-0.1, -0.05) is 0 Å². The Kier molecular flexibility index (Phi) is 9.66. The molecule has 0 amide bonds. The summed E-state index contributed by atoms with van der Waals surface area (Å²) in [5.74, 6) is 0. The summed E-state index contributed by atoms with van der Waals surface area (Å²) < 4.78 is 8.56. The van der Waals surface area contributed by atoms with Crippen molar-refractivity contribution in [2.24, 2.45) is 0 Å². The van der Waals surface area contributed by atoms with Gasteiger partial charge in [-0.3, -0.25) is 0 Å². The van der Waals surface area contributed by atoms with E-state index in [9.17, 15) is 0 Å². The zero-order valence-electron chi connectivity index (χ0n) is 14.5. The molecule has 2 heteroatoms. The molecule has 0 aromatic heterocycles. The Hall–Kier alpha value is -0.0213. The third kappa shape index (κ3) is 5.59. The van der Waals surface area contributed by atoms with Crippen LogP contribution in [0.3, 0.4) is 0 Å². The van der Waals surface area contributed by atoms with E-state index in [0.717, 1.165) is 6.61 Å². The summed E-state index contributed by atoms with van der Waals surface area (Å²) in [6.07, 6.45) is 9.34. The first kappa shape index (κ1) is 19.0. The third-order valence-electron chi connectivity index (χ3n) is 4.75. The molecule has 0 aliphatic carbocycles. The Morgan fingerprint density at radius 1 is 0.905 bits per heavy atom. The summed E-state index contributed by atoms with van der Waals surface area (Å²) in [6, 6.07) is 11.2. The Bertz CT molecular complexity index is 355. The molecule has 0 N–H and O–H groups in total. The molecule has 0 aliphatic rings. The predicted octanol–water partition coefficient (Wildman–Crippen LogP) is 5.18. The van der Waals surface area contributed by atoms with Crippen LogP contribution < -0.4 is 3.58 Å². The zero-order valence-corrected chi connectivity index (χ0v) is 17.8. The normalized spacial score (nSPS) is 13.3. The molecule has 1 unspecified atom stereocenters. The van der Waals surface area contributed by atoms with Crippen LogP contribution in [-0.4, -0.2) is 26.8 Å². The zero-order chi connectivity index (χ0) is 15.6. The van der Waals surface area contributed by atoms with Crippen molar-refractivity contribution in [2.45, 2.75) is 76.1 Å². The monoisotopic (exact) mass is 398 g/mol. The molecular weight excluding hydrogens is 363 g/mol. The SMILES string of the molecule is CCCC[C](CC)(CCCC)[SnH]([O]CC)[c]1ccccc1. The fraction of sp³-hybridized carbons (Fsp3) is 0.684. The molecule has 1 rings (SSSR count). The number of rotatable bonds is 11. The summed E-state index contributed by atoms with van der Waals surface area (Å²) in [4.78, 5) is 0. The van der Waals surface area contributed by atoms with Crippen molar-refractivity contribution in [1.82, 2.24) is 0 Å². The van der Waals surface area contributed by atoms with Gasteiger partial charge in [0.1, 0.15) is 0 Å². The molecular formula is C19H34OSn. The molecule has 1 atom stereocenters. The van der Waals surface area contributed by atoms with E-state index in [0.29, 0.717) is 3.43 Å². The maximum atomic E-state index is 6.49. The van der Waals surface area contributed by atoms with Crippen LogP contribution in [-0.2, 0) is 3.07 Å². The molecule has 0 saturated heterocycles. The van der Waals surface area contributed by atoms with Gasteiger partial charge in [-0.2, -0.15) is 0 Å². The second-order valence-electron chi connectivity index (χ2n) is 6.17. The molecule has 0 spiro atoms. The average Bonchev–Trinajstić information content (AvgIpc) is 2.55. The Morgan fingerprint density at radius 2 is 1.48 bits per heavy atom. The minimum atomic E-state index is -2.25. The second kappa shape index (κ2) is 10.7. The molecule has 0 bridgehead atoms. The van der Waals surface area contributed by atoms with Gasteiger partial charge in [0, 0.05) is 0 Å². The van der Waals surface area contributed by atoms with Crippen molar-refractivity contribution >= 4 is 23.8 Å². The van der Waals surface area contributed by atoms with Crippen molar-refractivity contribution in [3.63, 3.8) is 0 Å². The summed E-state index contributed by atoms with van der Waals surface area (Å²) >= 11 is -2.25. The Balaban J connectivity index is 3.08. The Morgan fingerprint density at radius 3 is 1.90 bits per heavy atom. The molecule has 0 aliphatic heterocycles. The summed E-state index contributed by atoms with van der Waals surface area (Å²) in [7, 11) is 0. The van der Waals surface area contributed by atoms with Gasteiger partial charge in [-0.25, -0.2) is 0 Å². The van der Waals surface area contributed by atoms with Crippen molar-refractivity contribution in [2.75, 3.05) is 6.61 Å². The quantitative estimate of drug-likeness (QED) is 0.468. The fourth-order valence-electron chi connectivity index (χ4n) is 3.40. The van der Waals surface area contributed by atoms with E-state index >= 15 is 0 Å². The van der Waals surface area contributed by atoms with E-state index in [4.69, 9.17) is 3.07 Å². The van der Waals surface area contributed by atoms with E-state index in [-0.39, 0.29) is 0 Å². The molecule has 0 fully saturated rings. The van der Waals surface area contributed by atoms with Crippen molar-refractivity contribution in [3.05, 3.63) is 30.3 Å². The van der Waals surface area contributed by atoms with E-state index < -0.39 is 20.2 Å². The first-order valence-corrected chi connectivity index (χ1v) is 13.5. The van der Waals surface area contributed by atoms with Crippen LogP contribution >= 0.6 is 0 Å². The molecule has 1 nitrogen and oxygen atoms in total. The van der Waals surface area contributed by atoms with E-state index in [1.165, 1.54) is 44.9 Å². The van der Waals surface area contributed by atoms with Crippen LogP contribution in [0.15, 0.2) is 30.3 Å². The Labute approximate surface area is 139 Å². The van der Waals surface area contributed by atoms with Crippen molar-refractivity contribution in [3.8, 4) is 0 Å². The van der Waals surface area contributed by atoms with Gasteiger partial charge in [0.2, 0.25) is 0 Å². The van der Waals surface area contributed by atoms with Crippen LogP contribution in [0, 0.1) is 0 Å². The molecule has 0 radical (unpaired) electrons. The molecule has 21 heavy (non-hydrogen) atoms. The fourth-order valence-corrected chi connectivity index (χ4v) is 13.3. The number of hydrogen-bond acceptors (Lipinski definition) is 1. The van der Waals surface area contributed by atoms with Gasteiger partial charge in [-0.05, 0) is 0 Å². The van der Waals surface area contributed by atoms with Gasteiger partial charge < -0.3 is 0 Å². The molecule has 120 valence electrons. The van der Waals surface area contributed by atoms with Crippen LogP contribution in [0.5, 0.6) is 0 Å². The van der Waals surface area contributed by atoms with Gasteiger partial charge in [-0.15, -0.1) is 0 Å². The third-order valence-corrected chi connectivity index (χ3v) is 15.5. The molecule has 1 aromatic rings. The van der Waals surface area contributed by atoms with Crippen molar-refractivity contribution in [1.29, 1.82) is 0 Å². The van der Waals surface area contributed by atoms with Gasteiger partial charge in [0.05, 0.1) is 0 Å². The van der Waals surface area contributed by atoms with Crippen LogP contribution in [0.4, 0.5) is 0 Å². The van der Waals surface area contributed by atoms with Gasteiger partial charge in [0.15, 0.2) is 0 Å². The standard InChI is InChI=1S/C11H23.C6H5.C2H5O.Sn.H/c1-4-7-9-11(6-3)10-8-5-2;1-2-4-6-5-3-1;1-2-3;;/h4-10H2,1-3H3;1-5H;2H2,1H3;;/q;;-1;+1;. The predicted molar refractivity (Wildman–Crippen MR) is 96.9 cm³/mol. The second-order valence-corrected chi connectivity index (χ2v) is 14.7. The maximum absolute atomic E-state index is 6.49. The average molecular weight is 397 g/mol. The van der Waals surface area contributed by atoms with E-state index in [1.807, 2.05) is 0 Å². The summed E-state index contributed by atoms with van der Waals surface area (Å²) in [5, 5.41) is 0. The topological polar surface area (TPSA) is 9.23 Å². The summed E-state index contributed by atoms with van der Waals surface area (Å²) in [5.41, 5.74) is 0. The minimum absolute atomic E-state index is 0.505. The van der Waals surface area contributed by atoms with Crippen molar-refractivity contribution < 1.29 is 3.07 Å².